The number of thioether (sulfide) groups is 1. The lowest BCUT2D eigenvalue weighted by atomic mass is 9.82. The predicted molar refractivity (Wildman–Crippen MR) is 73.9 cm³/mol. The molecule has 4 nitrogen and oxygen atoms in total. The number of aliphatic carboxylic acids is 1. The Morgan fingerprint density at radius 3 is 2.53 bits per heavy atom. The van der Waals surface area contributed by atoms with Crippen molar-refractivity contribution < 1.29 is 14.7 Å². The summed E-state index contributed by atoms with van der Waals surface area (Å²) in [5, 5.41) is 9.39. The van der Waals surface area contributed by atoms with Gasteiger partial charge in [-0.25, -0.2) is 0 Å². The normalized spacial score (nSPS) is 39.7. The lowest BCUT2D eigenvalue weighted by Crippen LogP contribution is -2.45. The van der Waals surface area contributed by atoms with E-state index in [-0.39, 0.29) is 29.7 Å². The number of carboxylic acids is 1. The van der Waals surface area contributed by atoms with Crippen LogP contribution in [0.15, 0.2) is 12.2 Å². The Morgan fingerprint density at radius 1 is 1.26 bits per heavy atom. The molecule has 2 fully saturated rings. The van der Waals surface area contributed by atoms with E-state index in [2.05, 4.69) is 0 Å². The predicted octanol–water partition coefficient (Wildman–Crippen LogP) is 1.47. The van der Waals surface area contributed by atoms with Crippen LogP contribution in [0.3, 0.4) is 0 Å². The molecule has 2 aliphatic carbocycles. The quantitative estimate of drug-likeness (QED) is 0.796. The standard InChI is InChI=1S/C14H19NO3S/c1-15(10-4-5-19-7-10)13(16)11-8-2-3-9(6-8)12(11)14(17)18/h2-3,8-12H,4-7H2,1H3,(H,17,18)/t8?,9?,10?,11-,12+/m0/s1. The molecule has 0 aromatic carbocycles. The zero-order chi connectivity index (χ0) is 13.6. The van der Waals surface area contributed by atoms with Crippen molar-refractivity contribution in [2.75, 3.05) is 18.6 Å². The zero-order valence-electron chi connectivity index (χ0n) is 11.0. The molecule has 3 rings (SSSR count). The molecule has 3 unspecified atom stereocenters. The van der Waals surface area contributed by atoms with Crippen LogP contribution in [-0.2, 0) is 9.59 Å². The van der Waals surface area contributed by atoms with Crippen LogP contribution in [0.4, 0.5) is 0 Å². The van der Waals surface area contributed by atoms with Gasteiger partial charge in [0.15, 0.2) is 0 Å². The Hall–Kier alpha value is -0.970. The molecule has 0 aromatic heterocycles. The van der Waals surface area contributed by atoms with Crippen molar-refractivity contribution in [3.8, 4) is 0 Å². The molecule has 1 saturated heterocycles. The first-order chi connectivity index (χ1) is 9.09. The fourth-order valence-corrected chi connectivity index (χ4v) is 5.01. The molecule has 0 radical (unpaired) electrons. The minimum Gasteiger partial charge on any atom is -0.481 e. The Kier molecular flexibility index (Phi) is 3.33. The van der Waals surface area contributed by atoms with Crippen LogP contribution >= 0.6 is 11.8 Å². The highest BCUT2D eigenvalue weighted by Crippen LogP contribution is 2.49. The van der Waals surface area contributed by atoms with E-state index in [0.717, 1.165) is 24.3 Å². The molecule has 19 heavy (non-hydrogen) atoms. The third-order valence-electron chi connectivity index (χ3n) is 4.83. The van der Waals surface area contributed by atoms with Crippen molar-refractivity contribution >= 4 is 23.6 Å². The van der Waals surface area contributed by atoms with Gasteiger partial charge < -0.3 is 10.0 Å². The monoisotopic (exact) mass is 281 g/mol. The number of carboxylic acid groups (broad SMARTS) is 1. The van der Waals surface area contributed by atoms with Crippen LogP contribution in [0.1, 0.15) is 12.8 Å². The number of carbonyl (C=O) groups excluding carboxylic acids is 1. The van der Waals surface area contributed by atoms with Crippen LogP contribution < -0.4 is 0 Å². The third-order valence-corrected chi connectivity index (χ3v) is 5.98. The zero-order valence-corrected chi connectivity index (χ0v) is 11.8. The van der Waals surface area contributed by atoms with Crippen molar-refractivity contribution in [3.05, 3.63) is 12.2 Å². The van der Waals surface area contributed by atoms with E-state index in [0.29, 0.717) is 0 Å². The van der Waals surface area contributed by atoms with Crippen LogP contribution in [0.5, 0.6) is 0 Å². The highest BCUT2D eigenvalue weighted by Gasteiger charge is 2.52. The molecule has 3 aliphatic rings. The second kappa shape index (κ2) is 4.85. The smallest absolute Gasteiger partial charge is 0.307 e. The summed E-state index contributed by atoms with van der Waals surface area (Å²) >= 11 is 1.87. The summed E-state index contributed by atoms with van der Waals surface area (Å²) in [6.07, 6.45) is 5.89. The number of fused-ring (bicyclic) bond motifs is 2. The first kappa shape index (κ1) is 13.0. The molecule has 1 N–H and O–H groups in total. The Labute approximate surface area is 117 Å². The van der Waals surface area contributed by atoms with Gasteiger partial charge in [0.1, 0.15) is 0 Å². The average Bonchev–Trinajstić information content (AvgIpc) is 3.10. The van der Waals surface area contributed by atoms with E-state index in [1.54, 1.807) is 0 Å². The maximum Gasteiger partial charge on any atom is 0.307 e. The SMILES string of the molecule is CN(C(=O)[C@H]1C2C=CC(C2)[C@H]1C(=O)O)C1CCSC1. The number of nitrogens with zero attached hydrogens (tertiary/aromatic N) is 1. The number of amides is 1. The second-order valence-corrected chi connectivity index (χ2v) is 6.95. The van der Waals surface area contributed by atoms with Gasteiger partial charge in [-0.15, -0.1) is 0 Å². The molecule has 1 saturated carbocycles. The number of rotatable bonds is 3. The Balaban J connectivity index is 1.78. The number of hydrogen-bond donors (Lipinski definition) is 1. The molecule has 0 aromatic rings. The molecular weight excluding hydrogens is 262 g/mol. The minimum atomic E-state index is -0.815. The van der Waals surface area contributed by atoms with E-state index in [9.17, 15) is 14.7 Å². The summed E-state index contributed by atoms with van der Waals surface area (Å²) in [7, 11) is 1.84. The summed E-state index contributed by atoms with van der Waals surface area (Å²) < 4.78 is 0. The molecule has 2 bridgehead atoms. The molecule has 1 amide bonds. The summed E-state index contributed by atoms with van der Waals surface area (Å²) in [5.41, 5.74) is 0. The lowest BCUT2D eigenvalue weighted by Gasteiger charge is -2.31. The maximum absolute atomic E-state index is 12.7. The van der Waals surface area contributed by atoms with Gasteiger partial charge in [0.2, 0.25) is 5.91 Å². The first-order valence-corrected chi connectivity index (χ1v) is 8.00. The number of allylic oxidation sites excluding steroid dienone is 2. The average molecular weight is 281 g/mol. The van der Waals surface area contributed by atoms with Crippen LogP contribution in [0.2, 0.25) is 0 Å². The van der Waals surface area contributed by atoms with E-state index >= 15 is 0 Å². The minimum absolute atomic E-state index is 0.0387. The molecule has 1 aliphatic heterocycles. The maximum atomic E-state index is 12.7. The Bertz CT molecular complexity index is 430. The fraction of sp³-hybridized carbons (Fsp3) is 0.714. The number of hydrogen-bond acceptors (Lipinski definition) is 3. The van der Waals surface area contributed by atoms with Gasteiger partial charge in [0, 0.05) is 18.8 Å². The topological polar surface area (TPSA) is 57.6 Å². The fourth-order valence-electron chi connectivity index (χ4n) is 3.74. The van der Waals surface area contributed by atoms with Crippen molar-refractivity contribution in [2.24, 2.45) is 23.7 Å². The first-order valence-electron chi connectivity index (χ1n) is 6.85. The third kappa shape index (κ3) is 2.08. The van der Waals surface area contributed by atoms with Gasteiger partial charge in [0.25, 0.3) is 0 Å². The molecule has 1 heterocycles. The summed E-state index contributed by atoms with van der Waals surface area (Å²) in [5.74, 6) is 0.638. The van der Waals surface area contributed by atoms with Gasteiger partial charge in [-0.2, -0.15) is 11.8 Å². The summed E-state index contributed by atoms with van der Waals surface area (Å²) in [6, 6.07) is 0.287. The van der Waals surface area contributed by atoms with Crippen LogP contribution in [0.25, 0.3) is 0 Å². The van der Waals surface area contributed by atoms with Gasteiger partial charge in [-0.1, -0.05) is 12.2 Å². The van der Waals surface area contributed by atoms with Gasteiger partial charge in [-0.3, -0.25) is 9.59 Å². The van der Waals surface area contributed by atoms with Gasteiger partial charge >= 0.3 is 5.97 Å². The van der Waals surface area contributed by atoms with Gasteiger partial charge in [-0.05, 0) is 30.4 Å². The van der Waals surface area contributed by atoms with E-state index in [1.165, 1.54) is 0 Å². The second-order valence-electron chi connectivity index (χ2n) is 5.80. The summed E-state index contributed by atoms with van der Waals surface area (Å²) in [6.45, 7) is 0. The molecule has 5 atom stereocenters. The van der Waals surface area contributed by atoms with Gasteiger partial charge in [0.05, 0.1) is 11.8 Å². The van der Waals surface area contributed by atoms with E-state index in [1.807, 2.05) is 35.9 Å². The van der Waals surface area contributed by atoms with Crippen molar-refractivity contribution in [2.45, 2.75) is 18.9 Å². The molecule has 5 heteroatoms. The highest BCUT2D eigenvalue weighted by molar-refractivity contribution is 7.99. The largest absolute Gasteiger partial charge is 0.481 e. The van der Waals surface area contributed by atoms with E-state index < -0.39 is 11.9 Å². The highest BCUT2D eigenvalue weighted by atomic mass is 32.2. The van der Waals surface area contributed by atoms with Crippen molar-refractivity contribution in [3.63, 3.8) is 0 Å². The van der Waals surface area contributed by atoms with E-state index in [4.69, 9.17) is 0 Å². The van der Waals surface area contributed by atoms with Crippen LogP contribution in [-0.4, -0.2) is 46.5 Å². The molecular formula is C14H19NO3S. The lowest BCUT2D eigenvalue weighted by molar-refractivity contribution is -0.151. The molecule has 0 spiro atoms. The Morgan fingerprint density at radius 2 is 1.95 bits per heavy atom. The van der Waals surface area contributed by atoms with Crippen LogP contribution in [0, 0.1) is 23.7 Å². The van der Waals surface area contributed by atoms with Crippen molar-refractivity contribution in [1.29, 1.82) is 0 Å². The molecule has 104 valence electrons. The van der Waals surface area contributed by atoms with Crippen molar-refractivity contribution in [1.82, 2.24) is 4.90 Å². The number of carbonyl (C=O) groups is 2. The summed E-state index contributed by atoms with van der Waals surface area (Å²) in [4.78, 5) is 25.9.